The Hall–Kier alpha value is -0.650. The lowest BCUT2D eigenvalue weighted by molar-refractivity contribution is -0.130. The van der Waals surface area contributed by atoms with Crippen molar-refractivity contribution in [3.05, 3.63) is 0 Å². The van der Waals surface area contributed by atoms with Gasteiger partial charge in [-0.2, -0.15) is 0 Å². The Morgan fingerprint density at radius 2 is 1.65 bits per heavy atom. The van der Waals surface area contributed by atoms with E-state index in [1.807, 2.05) is 4.90 Å². The summed E-state index contributed by atoms with van der Waals surface area (Å²) in [5.41, 5.74) is 0. The number of carbonyl (C=O) groups is 1. The largest absolute Gasteiger partial charge is 0.371 e. The van der Waals surface area contributed by atoms with Crippen LogP contribution in [0, 0.1) is 11.8 Å². The Labute approximate surface area is 140 Å². The van der Waals surface area contributed by atoms with Crippen molar-refractivity contribution in [3.8, 4) is 0 Å². The average Bonchev–Trinajstić information content (AvgIpc) is 2.56. The van der Waals surface area contributed by atoms with Gasteiger partial charge in [0.05, 0.1) is 12.2 Å². The van der Waals surface area contributed by atoms with E-state index in [0.29, 0.717) is 12.2 Å². The zero-order chi connectivity index (χ0) is 16.2. The number of nitrogens with zero attached hydrogens (tertiary/aromatic N) is 2. The van der Waals surface area contributed by atoms with E-state index in [4.69, 9.17) is 4.74 Å². The van der Waals surface area contributed by atoms with Crippen LogP contribution in [0.2, 0.25) is 0 Å². The summed E-state index contributed by atoms with van der Waals surface area (Å²) in [5, 5.41) is 3.46. The lowest BCUT2D eigenvalue weighted by Gasteiger charge is -2.41. The Kier molecular flexibility index (Phi) is 5.94. The molecule has 3 saturated heterocycles. The number of ether oxygens (including phenoxy) is 1. The highest BCUT2D eigenvalue weighted by molar-refractivity contribution is 5.73. The molecule has 3 rings (SSSR count). The number of amides is 1. The van der Waals surface area contributed by atoms with Crippen molar-refractivity contribution in [1.29, 1.82) is 0 Å². The minimum Gasteiger partial charge on any atom is -0.371 e. The summed E-state index contributed by atoms with van der Waals surface area (Å²) >= 11 is 0. The van der Waals surface area contributed by atoms with Crippen molar-refractivity contribution in [3.63, 3.8) is 0 Å². The van der Waals surface area contributed by atoms with Crippen LogP contribution in [0.4, 0.5) is 0 Å². The molecule has 5 nitrogen and oxygen atoms in total. The molecule has 0 radical (unpaired) electrons. The molecule has 23 heavy (non-hydrogen) atoms. The molecule has 3 fully saturated rings. The molecule has 132 valence electrons. The molecule has 0 unspecified atom stereocenters. The Morgan fingerprint density at radius 1 is 1.04 bits per heavy atom. The molecule has 3 aliphatic rings. The molecular weight excluding hydrogens is 290 g/mol. The van der Waals surface area contributed by atoms with Crippen molar-refractivity contribution in [2.45, 2.75) is 51.7 Å². The fourth-order valence-corrected chi connectivity index (χ4v) is 4.56. The lowest BCUT2D eigenvalue weighted by atomic mass is 9.78. The van der Waals surface area contributed by atoms with E-state index in [1.165, 1.54) is 38.8 Å². The van der Waals surface area contributed by atoms with Gasteiger partial charge in [-0.1, -0.05) is 0 Å². The van der Waals surface area contributed by atoms with Crippen LogP contribution < -0.4 is 5.32 Å². The fraction of sp³-hybridized carbons (Fsp3) is 0.944. The third-order valence-corrected chi connectivity index (χ3v) is 5.97. The van der Waals surface area contributed by atoms with E-state index in [2.05, 4.69) is 17.1 Å². The molecule has 1 amide bonds. The summed E-state index contributed by atoms with van der Waals surface area (Å²) in [6, 6.07) is 0. The Balaban J connectivity index is 1.38. The van der Waals surface area contributed by atoms with Gasteiger partial charge in [-0.25, -0.2) is 0 Å². The molecule has 0 aromatic carbocycles. The quantitative estimate of drug-likeness (QED) is 0.851. The number of carbonyl (C=O) groups excluding carboxylic acids is 1. The predicted octanol–water partition coefficient (Wildman–Crippen LogP) is 1.33. The van der Waals surface area contributed by atoms with Crippen LogP contribution in [0.3, 0.4) is 0 Å². The van der Waals surface area contributed by atoms with Crippen LogP contribution in [0.1, 0.15) is 39.5 Å². The van der Waals surface area contributed by atoms with Gasteiger partial charge in [-0.05, 0) is 57.5 Å². The molecule has 0 aromatic rings. The van der Waals surface area contributed by atoms with Gasteiger partial charge in [0.15, 0.2) is 0 Å². The van der Waals surface area contributed by atoms with E-state index >= 15 is 0 Å². The van der Waals surface area contributed by atoms with Crippen LogP contribution in [-0.4, -0.2) is 73.7 Å². The van der Waals surface area contributed by atoms with Crippen molar-refractivity contribution >= 4 is 5.91 Å². The van der Waals surface area contributed by atoms with Crippen molar-refractivity contribution in [2.75, 3.05) is 45.8 Å². The van der Waals surface area contributed by atoms with Crippen LogP contribution in [0.25, 0.3) is 0 Å². The number of piperidine rings is 2. The van der Waals surface area contributed by atoms with E-state index in [9.17, 15) is 4.79 Å². The van der Waals surface area contributed by atoms with Crippen molar-refractivity contribution in [1.82, 2.24) is 15.1 Å². The number of rotatable bonds is 3. The number of hydrogen-bond acceptors (Lipinski definition) is 4. The maximum atomic E-state index is 11.4. The molecule has 0 aliphatic carbocycles. The molecule has 1 N–H and O–H groups in total. The molecule has 2 atom stereocenters. The summed E-state index contributed by atoms with van der Waals surface area (Å²) in [5.74, 6) is 1.94. The molecule has 3 heterocycles. The zero-order valence-electron chi connectivity index (χ0n) is 14.8. The smallest absolute Gasteiger partial charge is 0.219 e. The second-order valence-corrected chi connectivity index (χ2v) is 7.71. The third-order valence-electron chi connectivity index (χ3n) is 5.97. The number of nitrogens with one attached hydrogen (secondary N) is 1. The van der Waals surface area contributed by atoms with Gasteiger partial charge in [0.1, 0.15) is 0 Å². The maximum Gasteiger partial charge on any atom is 0.219 e. The third kappa shape index (κ3) is 4.68. The van der Waals surface area contributed by atoms with Gasteiger partial charge in [-0.15, -0.1) is 0 Å². The molecule has 5 heteroatoms. The second kappa shape index (κ2) is 7.95. The molecule has 0 spiro atoms. The van der Waals surface area contributed by atoms with Crippen LogP contribution in [-0.2, 0) is 9.53 Å². The van der Waals surface area contributed by atoms with Gasteiger partial charge >= 0.3 is 0 Å². The average molecular weight is 323 g/mol. The van der Waals surface area contributed by atoms with Gasteiger partial charge in [-0.3, -0.25) is 4.79 Å². The van der Waals surface area contributed by atoms with E-state index < -0.39 is 0 Å². The second-order valence-electron chi connectivity index (χ2n) is 7.71. The van der Waals surface area contributed by atoms with Gasteiger partial charge in [0, 0.05) is 39.6 Å². The molecule has 0 bridgehead atoms. The highest BCUT2D eigenvalue weighted by Gasteiger charge is 2.31. The standard InChI is InChI=1S/C18H33N3O2/c1-14-11-19-12-18(23-14)13-20-7-3-16(4-8-20)17-5-9-21(10-6-17)15(2)22/h14,16-19H,3-13H2,1-2H3/t14-,18+/m1/s1. The lowest BCUT2D eigenvalue weighted by Crippen LogP contribution is -2.50. The summed E-state index contributed by atoms with van der Waals surface area (Å²) < 4.78 is 6.02. The summed E-state index contributed by atoms with van der Waals surface area (Å²) in [7, 11) is 0. The normalized spacial score (nSPS) is 32.2. The first kappa shape index (κ1) is 17.2. The topological polar surface area (TPSA) is 44.8 Å². The van der Waals surface area contributed by atoms with E-state index in [0.717, 1.165) is 44.6 Å². The van der Waals surface area contributed by atoms with Crippen LogP contribution in [0.5, 0.6) is 0 Å². The molecule has 3 aliphatic heterocycles. The number of morpholine rings is 1. The SMILES string of the molecule is CC(=O)N1CCC(C2CCN(C[C@@H]3CNC[C@@H](C)O3)CC2)CC1. The van der Waals surface area contributed by atoms with E-state index in [1.54, 1.807) is 6.92 Å². The van der Waals surface area contributed by atoms with Crippen molar-refractivity contribution < 1.29 is 9.53 Å². The minimum atomic E-state index is 0.244. The molecular formula is C18H33N3O2. The van der Waals surface area contributed by atoms with Gasteiger partial charge in [0.2, 0.25) is 5.91 Å². The van der Waals surface area contributed by atoms with Crippen LogP contribution in [0.15, 0.2) is 0 Å². The molecule has 0 saturated carbocycles. The van der Waals surface area contributed by atoms with Crippen LogP contribution >= 0.6 is 0 Å². The minimum absolute atomic E-state index is 0.244. The predicted molar refractivity (Wildman–Crippen MR) is 91.3 cm³/mol. The fourth-order valence-electron chi connectivity index (χ4n) is 4.56. The number of likely N-dealkylation sites (tertiary alicyclic amines) is 2. The zero-order valence-corrected chi connectivity index (χ0v) is 14.8. The van der Waals surface area contributed by atoms with Crippen molar-refractivity contribution in [2.24, 2.45) is 11.8 Å². The summed E-state index contributed by atoms with van der Waals surface area (Å²) in [6.45, 7) is 11.3. The highest BCUT2D eigenvalue weighted by Crippen LogP contribution is 2.32. The first-order valence-corrected chi connectivity index (χ1v) is 9.46. The highest BCUT2D eigenvalue weighted by atomic mass is 16.5. The molecule has 0 aromatic heterocycles. The number of hydrogen-bond donors (Lipinski definition) is 1. The monoisotopic (exact) mass is 323 g/mol. The summed E-state index contributed by atoms with van der Waals surface area (Å²) in [6.07, 6.45) is 5.75. The first-order valence-electron chi connectivity index (χ1n) is 9.46. The maximum absolute atomic E-state index is 11.4. The Morgan fingerprint density at radius 3 is 2.22 bits per heavy atom. The first-order chi connectivity index (χ1) is 11.1. The van der Waals surface area contributed by atoms with Gasteiger partial charge in [0.25, 0.3) is 0 Å². The Bertz CT molecular complexity index is 388. The summed E-state index contributed by atoms with van der Waals surface area (Å²) in [4.78, 5) is 16.0. The van der Waals surface area contributed by atoms with Gasteiger partial charge < -0.3 is 19.9 Å². The van der Waals surface area contributed by atoms with E-state index in [-0.39, 0.29) is 5.91 Å².